The SMILES string of the molecule is O=C(CSc1nc(-c2ccccc2)cc(-c2ccccc2)n1)NCc1ccccc1. The molecule has 1 N–H and O–H groups in total. The molecule has 3 aromatic carbocycles. The van der Waals surface area contributed by atoms with Crippen molar-refractivity contribution in [2.75, 3.05) is 5.75 Å². The highest BCUT2D eigenvalue weighted by Crippen LogP contribution is 2.26. The zero-order valence-electron chi connectivity index (χ0n) is 16.4. The van der Waals surface area contributed by atoms with E-state index in [-0.39, 0.29) is 11.7 Å². The molecule has 0 saturated carbocycles. The van der Waals surface area contributed by atoms with E-state index in [9.17, 15) is 4.79 Å². The van der Waals surface area contributed by atoms with Crippen molar-refractivity contribution in [1.82, 2.24) is 15.3 Å². The topological polar surface area (TPSA) is 54.9 Å². The van der Waals surface area contributed by atoms with Crippen LogP contribution < -0.4 is 5.32 Å². The van der Waals surface area contributed by atoms with Crippen molar-refractivity contribution in [1.29, 1.82) is 0 Å². The Labute approximate surface area is 180 Å². The Balaban J connectivity index is 1.51. The van der Waals surface area contributed by atoms with E-state index in [1.54, 1.807) is 0 Å². The van der Waals surface area contributed by atoms with E-state index < -0.39 is 0 Å². The number of carbonyl (C=O) groups is 1. The van der Waals surface area contributed by atoms with Crippen molar-refractivity contribution in [2.45, 2.75) is 11.7 Å². The summed E-state index contributed by atoms with van der Waals surface area (Å²) < 4.78 is 0. The highest BCUT2D eigenvalue weighted by molar-refractivity contribution is 7.99. The van der Waals surface area contributed by atoms with Crippen LogP contribution in [0, 0.1) is 0 Å². The summed E-state index contributed by atoms with van der Waals surface area (Å²) in [4.78, 5) is 21.7. The average Bonchev–Trinajstić information content (AvgIpc) is 2.83. The Kier molecular flexibility index (Phi) is 6.52. The molecule has 0 saturated heterocycles. The third-order valence-electron chi connectivity index (χ3n) is 4.51. The van der Waals surface area contributed by atoms with Gasteiger partial charge < -0.3 is 5.32 Å². The van der Waals surface area contributed by atoms with Crippen LogP contribution in [0.5, 0.6) is 0 Å². The smallest absolute Gasteiger partial charge is 0.230 e. The minimum atomic E-state index is -0.0428. The maximum atomic E-state index is 12.3. The number of thioether (sulfide) groups is 1. The van der Waals surface area contributed by atoms with Crippen molar-refractivity contribution < 1.29 is 4.79 Å². The normalized spacial score (nSPS) is 10.5. The minimum absolute atomic E-state index is 0.0428. The molecule has 0 radical (unpaired) electrons. The van der Waals surface area contributed by atoms with Crippen molar-refractivity contribution >= 4 is 17.7 Å². The van der Waals surface area contributed by atoms with Crippen LogP contribution in [-0.2, 0) is 11.3 Å². The maximum Gasteiger partial charge on any atom is 0.230 e. The van der Waals surface area contributed by atoms with Crippen LogP contribution in [-0.4, -0.2) is 21.6 Å². The number of benzene rings is 3. The number of nitrogens with zero attached hydrogens (tertiary/aromatic N) is 2. The van der Waals surface area contributed by atoms with Gasteiger partial charge in [-0.2, -0.15) is 0 Å². The fourth-order valence-electron chi connectivity index (χ4n) is 2.98. The van der Waals surface area contributed by atoms with Gasteiger partial charge in [0.05, 0.1) is 17.1 Å². The number of nitrogens with one attached hydrogen (secondary N) is 1. The van der Waals surface area contributed by atoms with E-state index in [1.807, 2.05) is 97.1 Å². The number of amides is 1. The summed E-state index contributed by atoms with van der Waals surface area (Å²) in [6.07, 6.45) is 0. The first-order valence-corrected chi connectivity index (χ1v) is 10.7. The van der Waals surface area contributed by atoms with Crippen LogP contribution in [0.1, 0.15) is 5.56 Å². The highest BCUT2D eigenvalue weighted by atomic mass is 32.2. The van der Waals surface area contributed by atoms with E-state index >= 15 is 0 Å². The number of hydrogen-bond acceptors (Lipinski definition) is 4. The molecule has 1 aromatic heterocycles. The van der Waals surface area contributed by atoms with Gasteiger partial charge in [-0.25, -0.2) is 9.97 Å². The number of aromatic nitrogens is 2. The maximum absolute atomic E-state index is 12.3. The first-order valence-electron chi connectivity index (χ1n) is 9.71. The molecule has 4 aromatic rings. The van der Waals surface area contributed by atoms with Gasteiger partial charge >= 0.3 is 0 Å². The van der Waals surface area contributed by atoms with Crippen LogP contribution >= 0.6 is 11.8 Å². The first kappa shape index (κ1) is 19.9. The average molecular weight is 412 g/mol. The largest absolute Gasteiger partial charge is 0.351 e. The lowest BCUT2D eigenvalue weighted by Crippen LogP contribution is -2.24. The van der Waals surface area contributed by atoms with E-state index in [1.165, 1.54) is 11.8 Å². The fourth-order valence-corrected chi connectivity index (χ4v) is 3.67. The second-order valence-corrected chi connectivity index (χ2v) is 7.65. The van der Waals surface area contributed by atoms with Crippen LogP contribution in [0.2, 0.25) is 0 Å². The first-order chi connectivity index (χ1) is 14.8. The van der Waals surface area contributed by atoms with Crippen molar-refractivity contribution in [3.05, 3.63) is 103 Å². The van der Waals surface area contributed by atoms with Gasteiger partial charge in [0.1, 0.15) is 0 Å². The molecule has 1 heterocycles. The lowest BCUT2D eigenvalue weighted by Gasteiger charge is -2.09. The molecular weight excluding hydrogens is 390 g/mol. The van der Waals surface area contributed by atoms with Crippen LogP contribution in [0.3, 0.4) is 0 Å². The molecule has 1 amide bonds. The molecule has 0 aliphatic heterocycles. The third-order valence-corrected chi connectivity index (χ3v) is 5.36. The molecule has 148 valence electrons. The van der Waals surface area contributed by atoms with Gasteiger partial charge in [0.2, 0.25) is 5.91 Å². The van der Waals surface area contributed by atoms with Gasteiger partial charge in [0.25, 0.3) is 0 Å². The summed E-state index contributed by atoms with van der Waals surface area (Å²) in [7, 11) is 0. The Morgan fingerprint density at radius 1 is 0.733 bits per heavy atom. The standard InChI is InChI=1S/C25H21N3OS/c29-24(26-17-19-10-4-1-5-11-19)18-30-25-27-22(20-12-6-2-7-13-20)16-23(28-25)21-14-8-3-9-15-21/h1-16H,17-18H2,(H,26,29). The monoisotopic (exact) mass is 411 g/mol. The summed E-state index contributed by atoms with van der Waals surface area (Å²) >= 11 is 1.35. The summed E-state index contributed by atoms with van der Waals surface area (Å²) in [5.74, 6) is 0.220. The fraction of sp³-hybridized carbons (Fsp3) is 0.0800. The van der Waals surface area contributed by atoms with Gasteiger partial charge in [-0.15, -0.1) is 0 Å². The molecule has 0 aliphatic carbocycles. The van der Waals surface area contributed by atoms with Crippen LogP contribution in [0.25, 0.3) is 22.5 Å². The van der Waals surface area contributed by atoms with E-state index in [4.69, 9.17) is 9.97 Å². The van der Waals surface area contributed by atoms with Gasteiger partial charge in [0, 0.05) is 17.7 Å². The zero-order valence-corrected chi connectivity index (χ0v) is 17.2. The van der Waals surface area contributed by atoms with Crippen molar-refractivity contribution in [2.24, 2.45) is 0 Å². The Bertz CT molecular complexity index is 1050. The lowest BCUT2D eigenvalue weighted by molar-refractivity contribution is -0.118. The number of rotatable bonds is 7. The van der Waals surface area contributed by atoms with E-state index in [0.29, 0.717) is 11.7 Å². The van der Waals surface area contributed by atoms with Crippen LogP contribution in [0.15, 0.2) is 102 Å². The second kappa shape index (κ2) is 9.85. The Hall–Kier alpha value is -3.44. The zero-order chi connectivity index (χ0) is 20.6. The summed E-state index contributed by atoms with van der Waals surface area (Å²) in [5.41, 5.74) is 4.80. The van der Waals surface area contributed by atoms with E-state index in [2.05, 4.69) is 5.32 Å². The molecule has 0 aliphatic rings. The molecule has 0 unspecified atom stereocenters. The van der Waals surface area contributed by atoms with Gasteiger partial charge in [-0.05, 0) is 11.6 Å². The molecule has 0 spiro atoms. The Morgan fingerprint density at radius 2 is 1.23 bits per heavy atom. The van der Waals surface area contributed by atoms with Gasteiger partial charge in [-0.3, -0.25) is 4.79 Å². The second-order valence-electron chi connectivity index (χ2n) is 6.70. The predicted octanol–water partition coefficient (Wildman–Crippen LogP) is 5.22. The van der Waals surface area contributed by atoms with Crippen LogP contribution in [0.4, 0.5) is 0 Å². The Morgan fingerprint density at radius 3 is 1.77 bits per heavy atom. The summed E-state index contributed by atoms with van der Waals surface area (Å²) in [6, 6.07) is 31.9. The number of hydrogen-bond donors (Lipinski definition) is 1. The third kappa shape index (κ3) is 5.33. The van der Waals surface area contributed by atoms with Gasteiger partial charge in [0.15, 0.2) is 5.16 Å². The molecule has 0 bridgehead atoms. The van der Waals surface area contributed by atoms with Crippen molar-refractivity contribution in [3.63, 3.8) is 0 Å². The lowest BCUT2D eigenvalue weighted by atomic mass is 10.1. The summed E-state index contributed by atoms with van der Waals surface area (Å²) in [5, 5.41) is 3.53. The van der Waals surface area contributed by atoms with Gasteiger partial charge in [-0.1, -0.05) is 103 Å². The highest BCUT2D eigenvalue weighted by Gasteiger charge is 2.11. The molecule has 0 atom stereocenters. The quantitative estimate of drug-likeness (QED) is 0.335. The molecule has 0 fully saturated rings. The van der Waals surface area contributed by atoms with Crippen molar-refractivity contribution in [3.8, 4) is 22.5 Å². The summed E-state index contributed by atoms with van der Waals surface area (Å²) in [6.45, 7) is 0.514. The molecule has 30 heavy (non-hydrogen) atoms. The predicted molar refractivity (Wildman–Crippen MR) is 122 cm³/mol. The minimum Gasteiger partial charge on any atom is -0.351 e. The molecule has 5 heteroatoms. The van der Waals surface area contributed by atoms with E-state index in [0.717, 1.165) is 28.1 Å². The number of carbonyl (C=O) groups excluding carboxylic acids is 1. The molecular formula is C25H21N3OS. The molecule has 4 nitrogen and oxygen atoms in total. The molecule has 4 rings (SSSR count).